The van der Waals surface area contributed by atoms with Crippen molar-refractivity contribution in [1.82, 2.24) is 0 Å². The lowest BCUT2D eigenvalue weighted by atomic mass is 10.1. The summed E-state index contributed by atoms with van der Waals surface area (Å²) in [4.78, 5) is 0. The summed E-state index contributed by atoms with van der Waals surface area (Å²) in [5.74, 6) is 0. The second-order valence-electron chi connectivity index (χ2n) is 11.5. The maximum Gasteiger partial charge on any atom is 0.104 e. The number of likely N-dealkylation sites (N-methyl/N-ethyl adjacent to an activating group) is 2. The minimum atomic E-state index is -5.17. The first-order valence-corrected chi connectivity index (χ1v) is 15.1. The van der Waals surface area contributed by atoms with E-state index in [0.717, 1.165) is 34.9 Å². The quantitative estimate of drug-likeness (QED) is 0.138. The smallest absolute Gasteiger partial charge is 0.104 e. The van der Waals surface area contributed by atoms with E-state index in [4.69, 9.17) is 17.5 Å². The maximum absolute atomic E-state index is 8.52. The lowest BCUT2D eigenvalue weighted by Gasteiger charge is -2.30. The van der Waals surface area contributed by atoms with Crippen LogP contribution in [0.3, 0.4) is 0 Å². The van der Waals surface area contributed by atoms with Crippen LogP contribution in [0.25, 0.3) is 0 Å². The Morgan fingerprint density at radius 1 is 0.463 bits per heavy atom. The van der Waals surface area contributed by atoms with Gasteiger partial charge in [-0.3, -0.25) is 8.42 Å². The predicted molar refractivity (Wildman–Crippen MR) is 165 cm³/mol. The van der Waals surface area contributed by atoms with Crippen LogP contribution >= 0.6 is 0 Å². The molecule has 0 saturated heterocycles. The minimum absolute atomic E-state index is 1.03. The monoisotopic (exact) mass is 576 g/mol. The number of nitrogens with zero attached hydrogens (tertiary/aromatic N) is 2. The average Bonchev–Trinajstić information content (AvgIpc) is 2.92. The first-order valence-electron chi connectivity index (χ1n) is 13.8. The van der Waals surface area contributed by atoms with Crippen molar-refractivity contribution in [3.05, 3.63) is 144 Å². The molecule has 0 heterocycles. The lowest BCUT2D eigenvalue weighted by molar-refractivity contribution is -0.903. The molecule has 4 rings (SSSR count). The topological polar surface area (TPSA) is 80.3 Å². The van der Waals surface area contributed by atoms with Crippen molar-refractivity contribution in [2.24, 2.45) is 0 Å². The largest absolute Gasteiger partial charge is 0.759 e. The van der Waals surface area contributed by atoms with Gasteiger partial charge in [0.25, 0.3) is 0 Å². The van der Waals surface area contributed by atoms with Gasteiger partial charge in [0.2, 0.25) is 0 Å². The van der Waals surface area contributed by atoms with E-state index in [1.807, 2.05) is 0 Å². The molecule has 0 radical (unpaired) electrons. The molecule has 4 aromatic carbocycles. The van der Waals surface area contributed by atoms with Crippen LogP contribution in [0, 0.1) is 0 Å². The molecular formula is C34H44N2O4S. The third-order valence-corrected chi connectivity index (χ3v) is 6.60. The van der Waals surface area contributed by atoms with Gasteiger partial charge in [0, 0.05) is 34.4 Å². The summed E-state index contributed by atoms with van der Waals surface area (Å²) < 4.78 is 36.1. The molecular weight excluding hydrogens is 532 g/mol. The van der Waals surface area contributed by atoms with Gasteiger partial charge in [-0.25, -0.2) is 0 Å². The van der Waals surface area contributed by atoms with Crippen LogP contribution in [0.5, 0.6) is 0 Å². The second-order valence-corrected chi connectivity index (χ2v) is 12.3. The van der Waals surface area contributed by atoms with Gasteiger partial charge in [-0.2, -0.15) is 0 Å². The summed E-state index contributed by atoms with van der Waals surface area (Å²) in [7, 11) is 4.04. The van der Waals surface area contributed by atoms with Gasteiger partial charge in [-0.1, -0.05) is 121 Å². The molecule has 6 nitrogen and oxygen atoms in total. The van der Waals surface area contributed by atoms with Crippen LogP contribution < -0.4 is 0 Å². The van der Waals surface area contributed by atoms with Crippen molar-refractivity contribution >= 4 is 10.4 Å². The predicted octanol–water partition coefficient (Wildman–Crippen LogP) is 5.67. The van der Waals surface area contributed by atoms with Gasteiger partial charge in [-0.15, -0.1) is 0 Å². The van der Waals surface area contributed by atoms with Crippen LogP contribution in [-0.4, -0.2) is 67.8 Å². The average molecular weight is 577 g/mol. The highest BCUT2D eigenvalue weighted by Gasteiger charge is 2.16. The molecule has 0 spiro atoms. The molecule has 0 aliphatic heterocycles. The fourth-order valence-corrected chi connectivity index (χ4v) is 4.47. The summed E-state index contributed by atoms with van der Waals surface area (Å²) in [5.41, 5.74) is 5.68. The van der Waals surface area contributed by atoms with Gasteiger partial charge in [0.15, 0.2) is 0 Å². The highest BCUT2D eigenvalue weighted by Crippen LogP contribution is 2.12. The number of hydrogen-bond acceptors (Lipinski definition) is 4. The molecule has 41 heavy (non-hydrogen) atoms. The summed E-state index contributed by atoms with van der Waals surface area (Å²) >= 11 is 0. The first kappa shape index (κ1) is 33.9. The number of rotatable bonds is 10. The van der Waals surface area contributed by atoms with Crippen molar-refractivity contribution in [2.45, 2.75) is 25.9 Å². The second kappa shape index (κ2) is 16.8. The molecule has 0 bridgehead atoms. The molecule has 0 amide bonds. The summed E-state index contributed by atoms with van der Waals surface area (Å²) in [6.07, 6.45) is 2.28. The molecule has 220 valence electrons. The van der Waals surface area contributed by atoms with Crippen molar-refractivity contribution in [3.63, 3.8) is 0 Å². The standard InChI is InChI=1S/2C17H22N.H2O4S/c2*1-18(2,15-17-11-7-4-8-12-17)14-13-16-9-5-3-6-10-16;1-5(2,3)4/h2*3-12H,13-15H2,1-2H3;(H2,1,2,3,4)/q2*+1;/p-2. The molecule has 0 aliphatic carbocycles. The Morgan fingerprint density at radius 3 is 0.927 bits per heavy atom. The van der Waals surface area contributed by atoms with Crippen molar-refractivity contribution in [2.75, 3.05) is 41.3 Å². The molecule has 0 aromatic heterocycles. The van der Waals surface area contributed by atoms with Crippen LogP contribution in [-0.2, 0) is 36.3 Å². The van der Waals surface area contributed by atoms with E-state index >= 15 is 0 Å². The normalized spacial score (nSPS) is 11.5. The number of benzene rings is 4. The van der Waals surface area contributed by atoms with Gasteiger partial charge < -0.3 is 18.1 Å². The van der Waals surface area contributed by atoms with Gasteiger partial charge in [-0.05, 0) is 11.1 Å². The Labute approximate surface area is 247 Å². The third-order valence-electron chi connectivity index (χ3n) is 6.60. The molecule has 4 aromatic rings. The molecule has 0 unspecified atom stereocenters. The zero-order valence-electron chi connectivity index (χ0n) is 24.7. The lowest BCUT2D eigenvalue weighted by Crippen LogP contribution is -2.40. The third kappa shape index (κ3) is 17.2. The fraction of sp³-hybridized carbons (Fsp3) is 0.294. The summed E-state index contributed by atoms with van der Waals surface area (Å²) in [6, 6.07) is 42.9. The van der Waals surface area contributed by atoms with Crippen LogP contribution in [0.2, 0.25) is 0 Å². The molecule has 7 heteroatoms. The first-order chi connectivity index (χ1) is 19.3. The minimum Gasteiger partial charge on any atom is -0.759 e. The Morgan fingerprint density at radius 2 is 0.683 bits per heavy atom. The van der Waals surface area contributed by atoms with Gasteiger partial charge >= 0.3 is 0 Å². The van der Waals surface area contributed by atoms with Gasteiger partial charge in [0.1, 0.15) is 13.1 Å². The van der Waals surface area contributed by atoms with E-state index in [9.17, 15) is 0 Å². The molecule has 0 atom stereocenters. The van der Waals surface area contributed by atoms with Crippen LogP contribution in [0.15, 0.2) is 121 Å². The van der Waals surface area contributed by atoms with Crippen molar-refractivity contribution < 1.29 is 26.5 Å². The Bertz CT molecular complexity index is 1250. The molecule has 0 aliphatic rings. The van der Waals surface area contributed by atoms with Gasteiger partial charge in [0.05, 0.1) is 41.3 Å². The van der Waals surface area contributed by atoms with E-state index in [-0.39, 0.29) is 0 Å². The number of quaternary nitrogens is 2. The summed E-state index contributed by atoms with van der Waals surface area (Å²) in [6.45, 7) is 4.51. The maximum atomic E-state index is 8.52. The van der Waals surface area contributed by atoms with E-state index in [1.54, 1.807) is 0 Å². The van der Waals surface area contributed by atoms with Crippen LogP contribution in [0.4, 0.5) is 0 Å². The van der Waals surface area contributed by atoms with E-state index in [2.05, 4.69) is 150 Å². The van der Waals surface area contributed by atoms with E-state index in [1.165, 1.54) is 35.3 Å². The molecule has 0 N–H and O–H groups in total. The molecule has 0 fully saturated rings. The zero-order chi connectivity index (χ0) is 30.2. The molecule has 0 saturated carbocycles. The fourth-order valence-electron chi connectivity index (χ4n) is 4.47. The van der Waals surface area contributed by atoms with Crippen LogP contribution in [0.1, 0.15) is 22.3 Å². The number of hydrogen-bond donors (Lipinski definition) is 0. The Balaban J connectivity index is 0.000000247. The summed E-state index contributed by atoms with van der Waals surface area (Å²) in [5, 5.41) is 0. The SMILES string of the molecule is C[N+](C)(CCc1ccccc1)Cc1ccccc1.C[N+](C)(CCc1ccccc1)Cc1ccccc1.O=S(=O)([O-])[O-]. The highest BCUT2D eigenvalue weighted by molar-refractivity contribution is 7.79. The van der Waals surface area contributed by atoms with Crippen molar-refractivity contribution in [3.8, 4) is 0 Å². The van der Waals surface area contributed by atoms with E-state index in [0.29, 0.717) is 0 Å². The Hall–Kier alpha value is -3.33. The zero-order valence-corrected chi connectivity index (χ0v) is 25.5. The van der Waals surface area contributed by atoms with E-state index < -0.39 is 10.4 Å². The Kier molecular flexibility index (Phi) is 13.9. The van der Waals surface area contributed by atoms with Crippen molar-refractivity contribution in [1.29, 1.82) is 0 Å². The highest BCUT2D eigenvalue weighted by atomic mass is 32.3.